The van der Waals surface area contributed by atoms with Crippen molar-refractivity contribution in [1.82, 2.24) is 4.90 Å². The summed E-state index contributed by atoms with van der Waals surface area (Å²) < 4.78 is 26.3. The molecule has 5 heteroatoms. The average molecular weight is 254 g/mol. The van der Waals surface area contributed by atoms with Crippen molar-refractivity contribution in [1.29, 1.82) is 0 Å². The second kappa shape index (κ2) is 5.44. The van der Waals surface area contributed by atoms with Gasteiger partial charge in [-0.3, -0.25) is 4.79 Å². The number of carbonyl (C=O) groups excluding carboxylic acids is 1. The van der Waals surface area contributed by atoms with Gasteiger partial charge in [0.1, 0.15) is 0 Å². The summed E-state index contributed by atoms with van der Waals surface area (Å²) >= 11 is 0. The second-order valence-electron chi connectivity index (χ2n) is 4.60. The van der Waals surface area contributed by atoms with Crippen molar-refractivity contribution in [3.05, 3.63) is 35.4 Å². The number of amides is 1. The highest BCUT2D eigenvalue weighted by Crippen LogP contribution is 2.15. The van der Waals surface area contributed by atoms with Crippen molar-refractivity contribution in [2.45, 2.75) is 25.3 Å². The van der Waals surface area contributed by atoms with E-state index in [-0.39, 0.29) is 30.4 Å². The summed E-state index contributed by atoms with van der Waals surface area (Å²) in [4.78, 5) is 13.5. The molecule has 0 aromatic heterocycles. The van der Waals surface area contributed by atoms with Crippen LogP contribution in [0.25, 0.3) is 0 Å². The van der Waals surface area contributed by atoms with E-state index in [1.165, 1.54) is 12.1 Å². The normalized spacial score (nSPS) is 19.3. The molecule has 1 aromatic carbocycles. The van der Waals surface area contributed by atoms with E-state index in [9.17, 15) is 13.6 Å². The van der Waals surface area contributed by atoms with Gasteiger partial charge in [-0.25, -0.2) is 8.78 Å². The topological polar surface area (TPSA) is 46.3 Å². The van der Waals surface area contributed by atoms with Crippen molar-refractivity contribution in [2.75, 3.05) is 13.1 Å². The van der Waals surface area contributed by atoms with Crippen LogP contribution in [0.3, 0.4) is 0 Å². The van der Waals surface area contributed by atoms with Crippen LogP contribution >= 0.6 is 0 Å². The Labute approximate surface area is 105 Å². The summed E-state index contributed by atoms with van der Waals surface area (Å²) in [5.41, 5.74) is 5.95. The number of hydrogen-bond donors (Lipinski definition) is 1. The molecule has 1 amide bonds. The molecule has 0 radical (unpaired) electrons. The Bertz CT molecular complexity index is 451. The standard InChI is InChI=1S/C13H16F2N2O/c14-11-3-1-2-9(13(11)15)4-5-12(18)17-7-6-10(16)8-17/h1-3,10H,4-8,16H2/t10-/m0/s1. The molecule has 0 unspecified atom stereocenters. The fraction of sp³-hybridized carbons (Fsp3) is 0.462. The van der Waals surface area contributed by atoms with Gasteiger partial charge in [0.2, 0.25) is 5.91 Å². The SMILES string of the molecule is N[C@H]1CCN(C(=O)CCc2cccc(F)c2F)C1. The van der Waals surface area contributed by atoms with Gasteiger partial charge >= 0.3 is 0 Å². The maximum Gasteiger partial charge on any atom is 0.222 e. The predicted molar refractivity (Wildman–Crippen MR) is 63.9 cm³/mol. The third kappa shape index (κ3) is 2.85. The summed E-state index contributed by atoms with van der Waals surface area (Å²) in [7, 11) is 0. The van der Waals surface area contributed by atoms with Crippen molar-refractivity contribution in [3.8, 4) is 0 Å². The number of likely N-dealkylation sites (tertiary alicyclic amines) is 1. The van der Waals surface area contributed by atoms with Gasteiger partial charge in [0.05, 0.1) is 0 Å². The Morgan fingerprint density at radius 3 is 2.89 bits per heavy atom. The molecule has 0 bridgehead atoms. The molecule has 3 nitrogen and oxygen atoms in total. The molecule has 98 valence electrons. The zero-order valence-corrected chi connectivity index (χ0v) is 10.0. The van der Waals surface area contributed by atoms with Crippen LogP contribution < -0.4 is 5.73 Å². The van der Waals surface area contributed by atoms with Gasteiger partial charge in [0.25, 0.3) is 0 Å². The van der Waals surface area contributed by atoms with Gasteiger partial charge in [-0.15, -0.1) is 0 Å². The van der Waals surface area contributed by atoms with Gasteiger partial charge in [-0.2, -0.15) is 0 Å². The van der Waals surface area contributed by atoms with Crippen molar-refractivity contribution in [2.24, 2.45) is 5.73 Å². The van der Waals surface area contributed by atoms with Crippen molar-refractivity contribution in [3.63, 3.8) is 0 Å². The molecule has 2 rings (SSSR count). The van der Waals surface area contributed by atoms with E-state index in [1.54, 1.807) is 4.90 Å². The van der Waals surface area contributed by atoms with E-state index < -0.39 is 11.6 Å². The van der Waals surface area contributed by atoms with Crippen LogP contribution in [0.2, 0.25) is 0 Å². The first kappa shape index (κ1) is 13.0. The maximum atomic E-state index is 13.4. The van der Waals surface area contributed by atoms with Crippen LogP contribution in [0, 0.1) is 11.6 Å². The van der Waals surface area contributed by atoms with Crippen LogP contribution in [-0.2, 0) is 11.2 Å². The van der Waals surface area contributed by atoms with Crippen LogP contribution in [0.15, 0.2) is 18.2 Å². The third-order valence-corrected chi connectivity index (χ3v) is 3.22. The Kier molecular flexibility index (Phi) is 3.91. The molecule has 0 saturated carbocycles. The largest absolute Gasteiger partial charge is 0.341 e. The number of nitrogens with two attached hydrogens (primary N) is 1. The molecule has 0 spiro atoms. The summed E-state index contributed by atoms with van der Waals surface area (Å²) in [6.45, 7) is 1.22. The Balaban J connectivity index is 1.91. The molecule has 1 aliphatic rings. The van der Waals surface area contributed by atoms with Gasteiger partial charge in [-0.05, 0) is 24.5 Å². The molecule has 1 aliphatic heterocycles. The Morgan fingerprint density at radius 1 is 1.44 bits per heavy atom. The second-order valence-corrected chi connectivity index (χ2v) is 4.60. The summed E-state index contributed by atoms with van der Waals surface area (Å²) in [6.07, 6.45) is 1.21. The van der Waals surface area contributed by atoms with E-state index in [0.717, 1.165) is 12.5 Å². The number of rotatable bonds is 3. The number of nitrogens with zero attached hydrogens (tertiary/aromatic N) is 1. The highest BCUT2D eigenvalue weighted by atomic mass is 19.2. The molecule has 0 aliphatic carbocycles. The van der Waals surface area contributed by atoms with Crippen molar-refractivity contribution < 1.29 is 13.6 Å². The lowest BCUT2D eigenvalue weighted by atomic mass is 10.1. The van der Waals surface area contributed by atoms with Gasteiger partial charge < -0.3 is 10.6 Å². The first-order chi connectivity index (χ1) is 8.58. The number of hydrogen-bond acceptors (Lipinski definition) is 2. The fourth-order valence-corrected chi connectivity index (χ4v) is 2.16. The molecule has 18 heavy (non-hydrogen) atoms. The van der Waals surface area contributed by atoms with Crippen LogP contribution in [0.1, 0.15) is 18.4 Å². The Morgan fingerprint density at radius 2 is 2.22 bits per heavy atom. The molecular formula is C13H16F2N2O. The molecule has 1 fully saturated rings. The van der Waals surface area contributed by atoms with Crippen LogP contribution in [0.5, 0.6) is 0 Å². The zero-order chi connectivity index (χ0) is 13.1. The highest BCUT2D eigenvalue weighted by Gasteiger charge is 2.23. The van der Waals surface area contributed by atoms with Gasteiger partial charge in [-0.1, -0.05) is 12.1 Å². The smallest absolute Gasteiger partial charge is 0.222 e. The number of benzene rings is 1. The number of carbonyl (C=O) groups is 1. The lowest BCUT2D eigenvalue weighted by molar-refractivity contribution is -0.130. The molecular weight excluding hydrogens is 238 g/mol. The molecule has 1 aromatic rings. The monoisotopic (exact) mass is 254 g/mol. The number of aryl methyl sites for hydroxylation is 1. The van der Waals surface area contributed by atoms with E-state index in [4.69, 9.17) is 5.73 Å². The average Bonchev–Trinajstić information content (AvgIpc) is 2.77. The lowest BCUT2D eigenvalue weighted by Crippen LogP contribution is -2.32. The summed E-state index contributed by atoms with van der Waals surface area (Å²) in [5.74, 6) is -1.78. The summed E-state index contributed by atoms with van der Waals surface area (Å²) in [6, 6.07) is 4.06. The van der Waals surface area contributed by atoms with E-state index >= 15 is 0 Å². The first-order valence-electron chi connectivity index (χ1n) is 6.04. The molecule has 1 saturated heterocycles. The molecule has 2 N–H and O–H groups in total. The minimum Gasteiger partial charge on any atom is -0.341 e. The molecule has 1 heterocycles. The quantitative estimate of drug-likeness (QED) is 0.887. The maximum absolute atomic E-state index is 13.4. The minimum atomic E-state index is -0.872. The minimum absolute atomic E-state index is 0.0415. The number of halogens is 2. The fourth-order valence-electron chi connectivity index (χ4n) is 2.16. The molecule has 1 atom stereocenters. The van der Waals surface area contributed by atoms with Crippen LogP contribution in [-0.4, -0.2) is 29.9 Å². The third-order valence-electron chi connectivity index (χ3n) is 3.22. The van der Waals surface area contributed by atoms with E-state index in [0.29, 0.717) is 13.1 Å². The van der Waals surface area contributed by atoms with Gasteiger partial charge in [0.15, 0.2) is 11.6 Å². The first-order valence-corrected chi connectivity index (χ1v) is 6.04. The summed E-state index contributed by atoms with van der Waals surface area (Å²) in [5, 5.41) is 0. The predicted octanol–water partition coefficient (Wildman–Crippen LogP) is 1.46. The highest BCUT2D eigenvalue weighted by molar-refractivity contribution is 5.76. The zero-order valence-electron chi connectivity index (χ0n) is 10.0. The van der Waals surface area contributed by atoms with E-state index in [2.05, 4.69) is 0 Å². The Hall–Kier alpha value is -1.49. The van der Waals surface area contributed by atoms with Gasteiger partial charge in [0, 0.05) is 25.6 Å². The van der Waals surface area contributed by atoms with Crippen molar-refractivity contribution >= 4 is 5.91 Å². The lowest BCUT2D eigenvalue weighted by Gasteiger charge is -2.15. The van der Waals surface area contributed by atoms with E-state index in [1.807, 2.05) is 0 Å². The van der Waals surface area contributed by atoms with Crippen LogP contribution in [0.4, 0.5) is 8.78 Å².